The molecule has 0 fully saturated rings. The quantitative estimate of drug-likeness (QED) is 0.404. The third kappa shape index (κ3) is 4.69. The molecule has 3 aromatic carbocycles. The fourth-order valence-electron chi connectivity index (χ4n) is 3.34. The van der Waals surface area contributed by atoms with Crippen molar-refractivity contribution >= 4 is 43.2 Å². The van der Waals surface area contributed by atoms with Crippen LogP contribution in [0.5, 0.6) is 5.75 Å². The molecule has 1 unspecified atom stereocenters. The topological polar surface area (TPSA) is 88.6 Å². The van der Waals surface area contributed by atoms with Crippen molar-refractivity contribution in [1.82, 2.24) is 9.88 Å². The van der Waals surface area contributed by atoms with Crippen LogP contribution >= 0.6 is 11.3 Å². The number of carbonyl (C=O) groups is 1. The highest BCUT2D eigenvalue weighted by molar-refractivity contribution is 7.92. The van der Waals surface area contributed by atoms with Crippen molar-refractivity contribution in [1.29, 1.82) is 0 Å². The van der Waals surface area contributed by atoms with E-state index >= 15 is 0 Å². The van der Waals surface area contributed by atoms with Gasteiger partial charge >= 0.3 is 0 Å². The highest BCUT2D eigenvalue weighted by atomic mass is 32.2. The number of amides is 1. The molecule has 1 aromatic heterocycles. The van der Waals surface area contributed by atoms with Crippen molar-refractivity contribution in [3.8, 4) is 5.75 Å². The minimum atomic E-state index is -3.93. The molecule has 0 spiro atoms. The summed E-state index contributed by atoms with van der Waals surface area (Å²) >= 11 is 1.54. The third-order valence-electron chi connectivity index (χ3n) is 5.31. The summed E-state index contributed by atoms with van der Waals surface area (Å²) in [5.41, 5.74) is 1.48. The Kier molecular flexibility index (Phi) is 6.35. The zero-order chi connectivity index (χ0) is 23.6. The van der Waals surface area contributed by atoms with E-state index in [0.717, 1.165) is 15.2 Å². The summed E-state index contributed by atoms with van der Waals surface area (Å²) in [6, 6.07) is 20.2. The van der Waals surface area contributed by atoms with Gasteiger partial charge in [0.2, 0.25) is 0 Å². The van der Waals surface area contributed by atoms with Gasteiger partial charge in [-0.05, 0) is 49.4 Å². The molecule has 9 heteroatoms. The van der Waals surface area contributed by atoms with Crippen molar-refractivity contribution in [3.63, 3.8) is 0 Å². The number of hydrogen-bond donors (Lipinski definition) is 1. The lowest BCUT2D eigenvalue weighted by atomic mass is 10.2. The Bertz CT molecular complexity index is 1380. The monoisotopic (exact) mass is 481 g/mol. The van der Waals surface area contributed by atoms with Crippen LogP contribution in [-0.2, 0) is 10.0 Å². The van der Waals surface area contributed by atoms with Gasteiger partial charge in [-0.3, -0.25) is 9.52 Å². The van der Waals surface area contributed by atoms with E-state index in [1.54, 1.807) is 48.3 Å². The van der Waals surface area contributed by atoms with Crippen LogP contribution in [0.15, 0.2) is 77.7 Å². The fourth-order valence-corrected chi connectivity index (χ4v) is 5.52. The zero-order valence-electron chi connectivity index (χ0n) is 18.3. The minimum absolute atomic E-state index is 0.0136. The number of fused-ring (bicyclic) bond motifs is 1. The average molecular weight is 482 g/mol. The molecular formula is C24H23N3O4S2. The van der Waals surface area contributed by atoms with E-state index in [1.807, 2.05) is 31.2 Å². The van der Waals surface area contributed by atoms with E-state index in [9.17, 15) is 13.2 Å². The summed E-state index contributed by atoms with van der Waals surface area (Å²) in [6.07, 6.45) is 0. The molecular weight excluding hydrogens is 458 g/mol. The van der Waals surface area contributed by atoms with Gasteiger partial charge in [0.1, 0.15) is 10.8 Å². The highest BCUT2D eigenvalue weighted by Crippen LogP contribution is 2.30. The molecule has 0 saturated heterocycles. The number of benzene rings is 3. The summed E-state index contributed by atoms with van der Waals surface area (Å²) in [6.45, 7) is 1.90. The second-order valence-corrected chi connectivity index (χ2v) is 10.2. The SMILES string of the molecule is COc1ccccc1NS(=O)(=O)c1cccc(C(=O)N(C)C(C)c2nc3ccccc3s2)c1. The van der Waals surface area contributed by atoms with Crippen molar-refractivity contribution in [2.24, 2.45) is 0 Å². The number of carbonyl (C=O) groups excluding carboxylic acids is 1. The lowest BCUT2D eigenvalue weighted by Crippen LogP contribution is -2.29. The first-order valence-electron chi connectivity index (χ1n) is 10.2. The van der Waals surface area contributed by atoms with Crippen LogP contribution in [0.25, 0.3) is 10.2 Å². The van der Waals surface area contributed by atoms with Crippen LogP contribution in [0.2, 0.25) is 0 Å². The van der Waals surface area contributed by atoms with Crippen molar-refractivity contribution in [2.45, 2.75) is 17.9 Å². The molecule has 1 N–H and O–H groups in total. The molecule has 0 radical (unpaired) electrons. The Morgan fingerprint density at radius 1 is 1.06 bits per heavy atom. The first-order chi connectivity index (χ1) is 15.8. The van der Waals surface area contributed by atoms with Crippen molar-refractivity contribution in [2.75, 3.05) is 18.9 Å². The van der Waals surface area contributed by atoms with Crippen LogP contribution < -0.4 is 9.46 Å². The Morgan fingerprint density at radius 2 is 1.79 bits per heavy atom. The van der Waals surface area contributed by atoms with Gasteiger partial charge in [-0.1, -0.05) is 30.3 Å². The number of methoxy groups -OCH3 is 1. The van der Waals surface area contributed by atoms with E-state index in [2.05, 4.69) is 9.71 Å². The van der Waals surface area contributed by atoms with Gasteiger partial charge in [0.25, 0.3) is 15.9 Å². The number of sulfonamides is 1. The van der Waals surface area contributed by atoms with Gasteiger partial charge in [-0.15, -0.1) is 11.3 Å². The number of aromatic nitrogens is 1. The maximum atomic E-state index is 13.2. The molecule has 7 nitrogen and oxygen atoms in total. The molecule has 4 aromatic rings. The molecule has 0 aliphatic carbocycles. The van der Waals surface area contributed by atoms with Crippen LogP contribution in [0.4, 0.5) is 5.69 Å². The molecule has 1 amide bonds. The Labute approximate surface area is 196 Å². The summed E-state index contributed by atoms with van der Waals surface area (Å²) in [5.74, 6) is 0.105. The lowest BCUT2D eigenvalue weighted by molar-refractivity contribution is 0.0742. The molecule has 0 aliphatic rings. The van der Waals surface area contributed by atoms with Gasteiger partial charge < -0.3 is 9.64 Å². The smallest absolute Gasteiger partial charge is 0.262 e. The van der Waals surface area contributed by atoms with Gasteiger partial charge in [0.15, 0.2) is 0 Å². The van der Waals surface area contributed by atoms with Gasteiger partial charge in [-0.2, -0.15) is 0 Å². The maximum Gasteiger partial charge on any atom is 0.262 e. The third-order valence-corrected chi connectivity index (χ3v) is 7.88. The summed E-state index contributed by atoms with van der Waals surface area (Å²) < 4.78 is 34.7. The number of anilines is 1. The lowest BCUT2D eigenvalue weighted by Gasteiger charge is -2.23. The maximum absolute atomic E-state index is 13.2. The summed E-state index contributed by atoms with van der Waals surface area (Å²) in [4.78, 5) is 19.4. The standard InChI is InChI=1S/C24H23N3O4S2/c1-16(23-25-20-12-5-7-14-22(20)32-23)27(2)24(28)17-9-8-10-18(15-17)33(29,30)26-19-11-4-6-13-21(19)31-3/h4-16,26H,1-3H3. The number of nitrogens with one attached hydrogen (secondary N) is 1. The number of thiazole rings is 1. The minimum Gasteiger partial charge on any atom is -0.495 e. The first-order valence-corrected chi connectivity index (χ1v) is 12.5. The van der Waals surface area contributed by atoms with Crippen molar-refractivity contribution < 1.29 is 17.9 Å². The Hall–Kier alpha value is -3.43. The number of hydrogen-bond acceptors (Lipinski definition) is 6. The molecule has 0 saturated carbocycles. The number of nitrogens with zero attached hydrogens (tertiary/aromatic N) is 2. The van der Waals surface area contributed by atoms with E-state index in [-0.39, 0.29) is 22.4 Å². The Morgan fingerprint density at radius 3 is 2.55 bits per heavy atom. The van der Waals surface area contributed by atoms with Gasteiger partial charge in [-0.25, -0.2) is 13.4 Å². The predicted molar refractivity (Wildman–Crippen MR) is 130 cm³/mol. The largest absolute Gasteiger partial charge is 0.495 e. The van der Waals surface area contributed by atoms with Crippen LogP contribution in [0, 0.1) is 0 Å². The zero-order valence-corrected chi connectivity index (χ0v) is 20.0. The first kappa shape index (κ1) is 22.8. The molecule has 0 aliphatic heterocycles. The van der Waals surface area contributed by atoms with Gasteiger partial charge in [0, 0.05) is 12.6 Å². The summed E-state index contributed by atoms with van der Waals surface area (Å²) in [7, 11) is -0.773. The van der Waals surface area contributed by atoms with Gasteiger partial charge in [0.05, 0.1) is 34.0 Å². The number of rotatable bonds is 7. The normalized spacial score (nSPS) is 12.3. The van der Waals surface area contributed by atoms with Crippen LogP contribution in [0.1, 0.15) is 28.3 Å². The van der Waals surface area contributed by atoms with Crippen LogP contribution in [-0.4, -0.2) is 38.4 Å². The second-order valence-electron chi connectivity index (χ2n) is 7.45. The van der Waals surface area contributed by atoms with E-state index < -0.39 is 10.0 Å². The molecule has 170 valence electrons. The average Bonchev–Trinajstić information content (AvgIpc) is 3.27. The second kappa shape index (κ2) is 9.21. The molecule has 1 heterocycles. The molecule has 1 atom stereocenters. The Balaban J connectivity index is 1.57. The van der Waals surface area contributed by atoms with Crippen LogP contribution in [0.3, 0.4) is 0 Å². The molecule has 33 heavy (non-hydrogen) atoms. The van der Waals surface area contributed by atoms with Crippen molar-refractivity contribution in [3.05, 3.63) is 83.4 Å². The highest BCUT2D eigenvalue weighted by Gasteiger charge is 2.24. The fraction of sp³-hybridized carbons (Fsp3) is 0.167. The summed E-state index contributed by atoms with van der Waals surface area (Å²) in [5, 5.41) is 0.814. The number of para-hydroxylation sites is 3. The van der Waals surface area contributed by atoms with E-state index in [0.29, 0.717) is 11.4 Å². The van der Waals surface area contributed by atoms with E-state index in [1.165, 1.54) is 30.6 Å². The van der Waals surface area contributed by atoms with E-state index in [4.69, 9.17) is 4.74 Å². The predicted octanol–water partition coefficient (Wildman–Crippen LogP) is 4.94. The molecule has 0 bridgehead atoms. The number of ether oxygens (including phenoxy) is 1. The molecule has 4 rings (SSSR count).